The number of nitrogens with zero attached hydrogens (tertiary/aromatic N) is 1. The van der Waals surface area contributed by atoms with Crippen LogP contribution >= 0.6 is 0 Å². The van der Waals surface area contributed by atoms with Crippen molar-refractivity contribution in [2.75, 3.05) is 0 Å². The van der Waals surface area contributed by atoms with Crippen LogP contribution in [0.25, 0.3) is 0 Å². The molecule has 1 unspecified atom stereocenters. The first-order valence-corrected chi connectivity index (χ1v) is 6.23. The number of nitrogens with one attached hydrogen (secondary N) is 1. The Morgan fingerprint density at radius 1 is 1.33 bits per heavy atom. The summed E-state index contributed by atoms with van der Waals surface area (Å²) < 4.78 is 13.1. The highest BCUT2D eigenvalue weighted by atomic mass is 19.1. The Hall–Kier alpha value is -1.74. The van der Waals surface area contributed by atoms with E-state index in [9.17, 15) is 4.39 Å². The van der Waals surface area contributed by atoms with Crippen LogP contribution in [0.15, 0.2) is 42.7 Å². The fourth-order valence-electron chi connectivity index (χ4n) is 2.54. The lowest BCUT2D eigenvalue weighted by Crippen LogP contribution is -2.18. The number of hydrogen-bond acceptors (Lipinski definition) is 2. The fraction of sp³-hybridized carbons (Fsp3) is 0.267. The second kappa shape index (κ2) is 4.86. The van der Waals surface area contributed by atoms with E-state index in [0.29, 0.717) is 6.04 Å². The largest absolute Gasteiger partial charge is 0.306 e. The van der Waals surface area contributed by atoms with E-state index >= 15 is 0 Å². The van der Waals surface area contributed by atoms with Gasteiger partial charge in [0.25, 0.3) is 0 Å². The van der Waals surface area contributed by atoms with Gasteiger partial charge in [-0.15, -0.1) is 0 Å². The summed E-state index contributed by atoms with van der Waals surface area (Å²) in [7, 11) is 0. The molecular weight excluding hydrogens is 227 g/mol. The quantitative estimate of drug-likeness (QED) is 0.895. The van der Waals surface area contributed by atoms with Crippen molar-refractivity contribution in [1.29, 1.82) is 0 Å². The Morgan fingerprint density at radius 3 is 3.11 bits per heavy atom. The summed E-state index contributed by atoms with van der Waals surface area (Å²) in [6.07, 6.45) is 5.64. The zero-order chi connectivity index (χ0) is 12.4. The van der Waals surface area contributed by atoms with Crippen LogP contribution in [-0.4, -0.2) is 4.98 Å². The van der Waals surface area contributed by atoms with Gasteiger partial charge in [0.15, 0.2) is 0 Å². The van der Waals surface area contributed by atoms with E-state index < -0.39 is 0 Å². The van der Waals surface area contributed by atoms with Gasteiger partial charge in [-0.1, -0.05) is 12.1 Å². The van der Waals surface area contributed by atoms with Crippen LogP contribution in [0.3, 0.4) is 0 Å². The van der Waals surface area contributed by atoms with Gasteiger partial charge in [-0.3, -0.25) is 4.98 Å². The van der Waals surface area contributed by atoms with Gasteiger partial charge < -0.3 is 5.32 Å². The first kappa shape index (κ1) is 11.4. The monoisotopic (exact) mass is 242 g/mol. The van der Waals surface area contributed by atoms with Crippen LogP contribution < -0.4 is 5.32 Å². The number of aromatic nitrogens is 1. The fourth-order valence-corrected chi connectivity index (χ4v) is 2.54. The van der Waals surface area contributed by atoms with Gasteiger partial charge in [-0.25, -0.2) is 4.39 Å². The molecule has 1 aliphatic rings. The van der Waals surface area contributed by atoms with Crippen molar-refractivity contribution in [3.63, 3.8) is 0 Å². The van der Waals surface area contributed by atoms with Gasteiger partial charge in [-0.2, -0.15) is 0 Å². The molecule has 0 spiro atoms. The van der Waals surface area contributed by atoms with Crippen LogP contribution in [0, 0.1) is 5.82 Å². The van der Waals surface area contributed by atoms with Gasteiger partial charge >= 0.3 is 0 Å². The molecule has 1 heterocycles. The normalized spacial score (nSPS) is 17.7. The highest BCUT2D eigenvalue weighted by Crippen LogP contribution is 2.31. The summed E-state index contributed by atoms with van der Waals surface area (Å²) >= 11 is 0. The first-order chi connectivity index (χ1) is 8.83. The predicted octanol–water partition coefficient (Wildman–Crippen LogP) is 3.00. The number of halogens is 1. The smallest absolute Gasteiger partial charge is 0.123 e. The number of rotatable bonds is 3. The Bertz CT molecular complexity index is 539. The number of hydrogen-bond donors (Lipinski definition) is 1. The molecule has 1 aromatic carbocycles. The molecule has 1 aliphatic carbocycles. The topological polar surface area (TPSA) is 24.9 Å². The first-order valence-electron chi connectivity index (χ1n) is 6.23. The summed E-state index contributed by atoms with van der Waals surface area (Å²) in [6, 6.07) is 9.43. The van der Waals surface area contributed by atoms with E-state index in [-0.39, 0.29) is 5.82 Å². The molecule has 1 atom stereocenters. The lowest BCUT2D eigenvalue weighted by atomic mass is 10.1. The molecule has 0 amide bonds. The van der Waals surface area contributed by atoms with E-state index in [0.717, 1.165) is 24.9 Å². The molecule has 3 heteroatoms. The van der Waals surface area contributed by atoms with Crippen molar-refractivity contribution in [2.45, 2.75) is 25.4 Å². The van der Waals surface area contributed by atoms with Crippen molar-refractivity contribution in [1.82, 2.24) is 10.3 Å². The average molecular weight is 242 g/mol. The maximum atomic E-state index is 13.1. The second-order valence-corrected chi connectivity index (χ2v) is 4.68. The Balaban J connectivity index is 1.70. The molecule has 1 aromatic heterocycles. The molecule has 2 aromatic rings. The van der Waals surface area contributed by atoms with E-state index in [1.807, 2.05) is 18.3 Å². The minimum Gasteiger partial charge on any atom is -0.306 e. The number of benzene rings is 1. The summed E-state index contributed by atoms with van der Waals surface area (Å²) in [4.78, 5) is 4.10. The van der Waals surface area contributed by atoms with Gasteiger partial charge in [0.05, 0.1) is 0 Å². The third kappa shape index (κ3) is 2.27. The van der Waals surface area contributed by atoms with Gasteiger partial charge in [-0.05, 0) is 47.7 Å². The van der Waals surface area contributed by atoms with Crippen LogP contribution in [0.1, 0.15) is 29.2 Å². The van der Waals surface area contributed by atoms with Crippen molar-refractivity contribution < 1.29 is 4.39 Å². The van der Waals surface area contributed by atoms with Crippen molar-refractivity contribution in [2.24, 2.45) is 0 Å². The van der Waals surface area contributed by atoms with Crippen molar-refractivity contribution in [3.8, 4) is 0 Å². The Kier molecular flexibility index (Phi) is 3.07. The summed E-state index contributed by atoms with van der Waals surface area (Å²) in [6.45, 7) is 0.801. The molecule has 2 nitrogen and oxygen atoms in total. The van der Waals surface area contributed by atoms with Crippen molar-refractivity contribution >= 4 is 0 Å². The molecule has 18 heavy (non-hydrogen) atoms. The molecule has 92 valence electrons. The zero-order valence-corrected chi connectivity index (χ0v) is 10.1. The number of fused-ring (bicyclic) bond motifs is 1. The predicted molar refractivity (Wildman–Crippen MR) is 68.5 cm³/mol. The number of pyridine rings is 1. The minimum absolute atomic E-state index is 0.137. The average Bonchev–Trinajstić information content (AvgIpc) is 2.80. The molecule has 1 N–H and O–H groups in total. The summed E-state index contributed by atoms with van der Waals surface area (Å²) in [5.41, 5.74) is 3.55. The molecule has 0 aliphatic heterocycles. The van der Waals surface area contributed by atoms with E-state index in [1.54, 1.807) is 18.3 Å². The van der Waals surface area contributed by atoms with E-state index in [1.165, 1.54) is 11.1 Å². The molecule has 0 fully saturated rings. The van der Waals surface area contributed by atoms with Crippen LogP contribution in [0.5, 0.6) is 0 Å². The lowest BCUT2D eigenvalue weighted by molar-refractivity contribution is 0.529. The Labute approximate surface area is 106 Å². The van der Waals surface area contributed by atoms with Crippen LogP contribution in [0.2, 0.25) is 0 Å². The highest BCUT2D eigenvalue weighted by molar-refractivity contribution is 5.35. The molecule has 0 radical (unpaired) electrons. The molecular formula is C15H15FN2. The SMILES string of the molecule is Fc1ccc2c(c1)CCC2NCc1cccnc1. The third-order valence-corrected chi connectivity index (χ3v) is 3.46. The molecule has 0 bridgehead atoms. The lowest BCUT2D eigenvalue weighted by Gasteiger charge is -2.13. The molecule has 0 saturated heterocycles. The Morgan fingerprint density at radius 2 is 2.28 bits per heavy atom. The third-order valence-electron chi connectivity index (χ3n) is 3.46. The maximum Gasteiger partial charge on any atom is 0.123 e. The van der Waals surface area contributed by atoms with Crippen LogP contribution in [0.4, 0.5) is 4.39 Å². The standard InChI is InChI=1S/C15H15FN2/c16-13-4-5-14-12(8-13)3-6-15(14)18-10-11-2-1-7-17-9-11/h1-2,4-5,7-9,15,18H,3,6,10H2. The van der Waals surface area contributed by atoms with Crippen molar-refractivity contribution in [3.05, 3.63) is 65.2 Å². The molecule has 3 rings (SSSR count). The maximum absolute atomic E-state index is 13.1. The zero-order valence-electron chi connectivity index (χ0n) is 10.1. The van der Waals surface area contributed by atoms with E-state index in [4.69, 9.17) is 0 Å². The minimum atomic E-state index is -0.137. The second-order valence-electron chi connectivity index (χ2n) is 4.68. The van der Waals surface area contributed by atoms with E-state index in [2.05, 4.69) is 16.4 Å². The van der Waals surface area contributed by atoms with Gasteiger partial charge in [0.1, 0.15) is 5.82 Å². The summed E-state index contributed by atoms with van der Waals surface area (Å²) in [5, 5.41) is 3.51. The highest BCUT2D eigenvalue weighted by Gasteiger charge is 2.21. The van der Waals surface area contributed by atoms with Gasteiger partial charge in [0.2, 0.25) is 0 Å². The van der Waals surface area contributed by atoms with Gasteiger partial charge in [0, 0.05) is 25.0 Å². The number of aryl methyl sites for hydroxylation is 1. The van der Waals surface area contributed by atoms with Crippen LogP contribution in [-0.2, 0) is 13.0 Å². The summed E-state index contributed by atoms with van der Waals surface area (Å²) in [5.74, 6) is -0.137. The molecule has 0 saturated carbocycles.